The van der Waals surface area contributed by atoms with Crippen LogP contribution in [0.4, 0.5) is 0 Å². The Hall–Kier alpha value is -0.0800. The molecule has 0 aromatic rings. The van der Waals surface area contributed by atoms with Gasteiger partial charge in [0.05, 0.1) is 0 Å². The van der Waals surface area contributed by atoms with Gasteiger partial charge in [0.1, 0.15) is 0 Å². The van der Waals surface area contributed by atoms with Crippen LogP contribution in [0.3, 0.4) is 0 Å². The summed E-state index contributed by atoms with van der Waals surface area (Å²) in [5.74, 6) is 1.92. The largest absolute Gasteiger partial charge is 0.317 e. The van der Waals surface area contributed by atoms with Crippen molar-refractivity contribution in [2.75, 3.05) is 26.2 Å². The van der Waals surface area contributed by atoms with Crippen molar-refractivity contribution < 1.29 is 0 Å². The Morgan fingerprint density at radius 3 is 2.39 bits per heavy atom. The molecule has 1 N–H and O–H groups in total. The smallest absolute Gasteiger partial charge is 0.0123 e. The van der Waals surface area contributed by atoms with E-state index in [1.807, 2.05) is 0 Å². The third-order valence-electron chi connectivity index (χ3n) is 5.19. The molecule has 2 unspecified atom stereocenters. The molecule has 0 radical (unpaired) electrons. The summed E-state index contributed by atoms with van der Waals surface area (Å²) in [5, 5.41) is 3.51. The second kappa shape index (κ2) is 7.49. The van der Waals surface area contributed by atoms with Crippen LogP contribution in [0.25, 0.3) is 0 Å². The Morgan fingerprint density at radius 2 is 1.72 bits per heavy atom. The molecule has 2 heteroatoms. The quantitative estimate of drug-likeness (QED) is 0.808. The number of hydrogen-bond donors (Lipinski definition) is 1. The fourth-order valence-electron chi connectivity index (χ4n) is 3.98. The summed E-state index contributed by atoms with van der Waals surface area (Å²) >= 11 is 0. The molecule has 2 aliphatic rings. The van der Waals surface area contributed by atoms with Crippen molar-refractivity contribution in [3.63, 3.8) is 0 Å². The van der Waals surface area contributed by atoms with Gasteiger partial charge in [-0.15, -0.1) is 0 Å². The number of likely N-dealkylation sites (tertiary alicyclic amines) is 1. The highest BCUT2D eigenvalue weighted by Crippen LogP contribution is 2.32. The molecule has 2 rings (SSSR count). The van der Waals surface area contributed by atoms with Gasteiger partial charge in [0.15, 0.2) is 0 Å². The lowest BCUT2D eigenvalue weighted by atomic mass is 9.80. The first-order chi connectivity index (χ1) is 8.85. The Morgan fingerprint density at radius 1 is 1.00 bits per heavy atom. The molecule has 18 heavy (non-hydrogen) atoms. The second-order valence-corrected chi connectivity index (χ2v) is 6.31. The Bertz CT molecular complexity index is 221. The topological polar surface area (TPSA) is 15.3 Å². The molecule has 2 nitrogen and oxygen atoms in total. The van der Waals surface area contributed by atoms with Crippen LogP contribution in [0.15, 0.2) is 0 Å². The van der Waals surface area contributed by atoms with Crippen LogP contribution in [-0.4, -0.2) is 37.1 Å². The minimum atomic E-state index is 0.920. The van der Waals surface area contributed by atoms with Crippen molar-refractivity contribution in [3.8, 4) is 0 Å². The van der Waals surface area contributed by atoms with Gasteiger partial charge >= 0.3 is 0 Å². The first kappa shape index (κ1) is 14.3. The van der Waals surface area contributed by atoms with Crippen molar-refractivity contribution in [2.24, 2.45) is 11.8 Å². The summed E-state index contributed by atoms with van der Waals surface area (Å²) < 4.78 is 0. The summed E-state index contributed by atoms with van der Waals surface area (Å²) in [5.41, 5.74) is 0. The second-order valence-electron chi connectivity index (χ2n) is 6.31. The lowest BCUT2D eigenvalue weighted by molar-refractivity contribution is 0.0667. The first-order valence-electron chi connectivity index (χ1n) is 8.29. The molecule has 0 amide bonds. The molecule has 106 valence electrons. The van der Waals surface area contributed by atoms with Crippen LogP contribution < -0.4 is 5.32 Å². The monoisotopic (exact) mass is 252 g/mol. The van der Waals surface area contributed by atoms with Gasteiger partial charge in [0.25, 0.3) is 0 Å². The maximum absolute atomic E-state index is 3.51. The van der Waals surface area contributed by atoms with Crippen LogP contribution in [0.1, 0.15) is 58.8 Å². The molecule has 1 saturated carbocycles. The Labute approximate surface area is 114 Å². The average molecular weight is 252 g/mol. The third-order valence-corrected chi connectivity index (χ3v) is 5.19. The maximum atomic E-state index is 3.51. The molecule has 0 bridgehead atoms. The molecule has 0 spiro atoms. The van der Waals surface area contributed by atoms with Gasteiger partial charge < -0.3 is 10.2 Å². The van der Waals surface area contributed by atoms with Crippen LogP contribution in [0, 0.1) is 11.8 Å². The molecule has 0 aromatic carbocycles. The van der Waals surface area contributed by atoms with E-state index in [1.165, 1.54) is 64.6 Å². The average Bonchev–Trinajstić information content (AvgIpc) is 2.45. The van der Waals surface area contributed by atoms with E-state index in [9.17, 15) is 0 Å². The van der Waals surface area contributed by atoms with Gasteiger partial charge in [-0.1, -0.05) is 33.1 Å². The Balaban J connectivity index is 1.77. The molecular weight excluding hydrogens is 220 g/mol. The molecule has 1 aliphatic carbocycles. The number of nitrogens with one attached hydrogen (secondary N) is 1. The van der Waals surface area contributed by atoms with Gasteiger partial charge in [-0.05, 0) is 63.7 Å². The molecule has 2 atom stereocenters. The van der Waals surface area contributed by atoms with Crippen LogP contribution in [0.5, 0.6) is 0 Å². The SMILES string of the molecule is CCNCC1CCN(C2CCCCC2CC)CC1. The van der Waals surface area contributed by atoms with E-state index in [1.54, 1.807) is 0 Å². The van der Waals surface area contributed by atoms with E-state index in [2.05, 4.69) is 24.1 Å². The van der Waals surface area contributed by atoms with Gasteiger partial charge in [-0.3, -0.25) is 0 Å². The van der Waals surface area contributed by atoms with Gasteiger partial charge in [-0.25, -0.2) is 0 Å². The standard InChI is InChI=1S/C16H32N2/c1-3-15-7-5-6-8-16(15)18-11-9-14(10-12-18)13-17-4-2/h14-17H,3-13H2,1-2H3. The lowest BCUT2D eigenvalue weighted by Gasteiger charge is -2.43. The fraction of sp³-hybridized carbons (Fsp3) is 1.00. The predicted octanol–water partition coefficient (Wildman–Crippen LogP) is 3.28. The van der Waals surface area contributed by atoms with E-state index in [0.29, 0.717) is 0 Å². The highest BCUT2D eigenvalue weighted by Gasteiger charge is 2.31. The highest BCUT2D eigenvalue weighted by atomic mass is 15.2. The molecule has 1 heterocycles. The predicted molar refractivity (Wildman–Crippen MR) is 78.9 cm³/mol. The zero-order chi connectivity index (χ0) is 12.8. The number of piperidine rings is 1. The molecule has 1 aliphatic heterocycles. The van der Waals surface area contributed by atoms with E-state index in [4.69, 9.17) is 0 Å². The molecule has 1 saturated heterocycles. The number of nitrogens with zero attached hydrogens (tertiary/aromatic N) is 1. The molecule has 2 fully saturated rings. The van der Waals surface area contributed by atoms with Crippen LogP contribution in [-0.2, 0) is 0 Å². The summed E-state index contributed by atoms with van der Waals surface area (Å²) in [6.45, 7) is 9.69. The minimum absolute atomic E-state index is 0.920. The zero-order valence-corrected chi connectivity index (χ0v) is 12.5. The molecular formula is C16H32N2. The van der Waals surface area contributed by atoms with E-state index >= 15 is 0 Å². The summed E-state index contributed by atoms with van der Waals surface area (Å²) in [7, 11) is 0. The fourth-order valence-corrected chi connectivity index (χ4v) is 3.98. The summed E-state index contributed by atoms with van der Waals surface area (Å²) in [6, 6.07) is 0.920. The van der Waals surface area contributed by atoms with Gasteiger partial charge in [0.2, 0.25) is 0 Å². The van der Waals surface area contributed by atoms with Crippen molar-refractivity contribution in [3.05, 3.63) is 0 Å². The van der Waals surface area contributed by atoms with Crippen molar-refractivity contribution in [1.29, 1.82) is 0 Å². The highest BCUT2D eigenvalue weighted by molar-refractivity contribution is 4.86. The van der Waals surface area contributed by atoms with E-state index in [-0.39, 0.29) is 0 Å². The van der Waals surface area contributed by atoms with E-state index < -0.39 is 0 Å². The normalized spacial score (nSPS) is 31.7. The van der Waals surface area contributed by atoms with Crippen molar-refractivity contribution in [1.82, 2.24) is 10.2 Å². The van der Waals surface area contributed by atoms with Crippen LogP contribution >= 0.6 is 0 Å². The minimum Gasteiger partial charge on any atom is -0.317 e. The van der Waals surface area contributed by atoms with Crippen LogP contribution in [0.2, 0.25) is 0 Å². The zero-order valence-electron chi connectivity index (χ0n) is 12.5. The number of rotatable bonds is 5. The van der Waals surface area contributed by atoms with Crippen molar-refractivity contribution >= 4 is 0 Å². The summed E-state index contributed by atoms with van der Waals surface area (Å²) in [6.07, 6.45) is 10.1. The van der Waals surface area contributed by atoms with Gasteiger partial charge in [-0.2, -0.15) is 0 Å². The Kier molecular flexibility index (Phi) is 5.97. The third kappa shape index (κ3) is 3.71. The molecule has 0 aromatic heterocycles. The first-order valence-corrected chi connectivity index (χ1v) is 8.29. The van der Waals surface area contributed by atoms with Crippen molar-refractivity contribution in [2.45, 2.75) is 64.8 Å². The van der Waals surface area contributed by atoms with Gasteiger partial charge in [0, 0.05) is 6.04 Å². The maximum Gasteiger partial charge on any atom is 0.0123 e. The number of hydrogen-bond acceptors (Lipinski definition) is 2. The van der Waals surface area contributed by atoms with E-state index in [0.717, 1.165) is 24.4 Å². The lowest BCUT2D eigenvalue weighted by Crippen LogP contribution is -2.47. The summed E-state index contributed by atoms with van der Waals surface area (Å²) in [4.78, 5) is 2.83.